The molecule has 3 aromatic rings. The van der Waals surface area contributed by atoms with Gasteiger partial charge in [-0.2, -0.15) is 0 Å². The molecule has 4 rings (SSSR count). The molecule has 0 N–H and O–H groups in total. The Labute approximate surface area is 188 Å². The van der Waals surface area contributed by atoms with Gasteiger partial charge in [-0.25, -0.2) is 4.98 Å². The van der Waals surface area contributed by atoms with Crippen LogP contribution in [-0.4, -0.2) is 44.8 Å². The Balaban J connectivity index is 1.59. The first kappa shape index (κ1) is 21.5. The van der Waals surface area contributed by atoms with Crippen molar-refractivity contribution in [2.45, 2.75) is 44.7 Å². The standard InChI is InChI=1S/C25H28N4OS/c1-18-7-11-20(12-8-18)23-24(21-13-9-19(2)10-14-21)27-28-25(26-23)31-17-22(30)29-15-5-3-4-6-16-29/h7-14H,3-6,15-17H2,1-2H3. The molecule has 31 heavy (non-hydrogen) atoms. The molecule has 0 radical (unpaired) electrons. The second-order valence-corrected chi connectivity index (χ2v) is 9.05. The van der Waals surface area contributed by atoms with E-state index in [4.69, 9.17) is 4.98 Å². The summed E-state index contributed by atoms with van der Waals surface area (Å²) in [5, 5.41) is 9.41. The van der Waals surface area contributed by atoms with E-state index in [1.807, 2.05) is 17.0 Å². The summed E-state index contributed by atoms with van der Waals surface area (Å²) in [4.78, 5) is 19.5. The Morgan fingerprint density at radius 2 is 1.35 bits per heavy atom. The number of likely N-dealkylation sites (tertiary alicyclic amines) is 1. The lowest BCUT2D eigenvalue weighted by Crippen LogP contribution is -2.33. The van der Waals surface area contributed by atoms with Crippen LogP contribution in [0.25, 0.3) is 22.5 Å². The van der Waals surface area contributed by atoms with Gasteiger partial charge in [0.1, 0.15) is 11.4 Å². The summed E-state index contributed by atoms with van der Waals surface area (Å²) >= 11 is 1.37. The van der Waals surface area contributed by atoms with Crippen LogP contribution in [0.5, 0.6) is 0 Å². The lowest BCUT2D eigenvalue weighted by molar-refractivity contribution is -0.128. The van der Waals surface area contributed by atoms with Gasteiger partial charge in [-0.05, 0) is 26.7 Å². The summed E-state index contributed by atoms with van der Waals surface area (Å²) in [5.41, 5.74) is 5.92. The maximum Gasteiger partial charge on any atom is 0.233 e. The fourth-order valence-electron chi connectivity index (χ4n) is 3.73. The molecule has 1 fully saturated rings. The lowest BCUT2D eigenvalue weighted by atomic mass is 10.0. The zero-order chi connectivity index (χ0) is 21.6. The van der Waals surface area contributed by atoms with E-state index >= 15 is 0 Å². The number of thioether (sulfide) groups is 1. The highest BCUT2D eigenvalue weighted by molar-refractivity contribution is 7.99. The second-order valence-electron chi connectivity index (χ2n) is 8.11. The molecule has 6 heteroatoms. The van der Waals surface area contributed by atoms with Gasteiger partial charge >= 0.3 is 0 Å². The quantitative estimate of drug-likeness (QED) is 0.511. The van der Waals surface area contributed by atoms with Gasteiger partial charge in [0, 0.05) is 24.2 Å². The van der Waals surface area contributed by atoms with Gasteiger partial charge in [-0.1, -0.05) is 84.3 Å². The summed E-state index contributed by atoms with van der Waals surface area (Å²) in [6.45, 7) is 5.85. The first-order valence-corrected chi connectivity index (χ1v) is 11.9. The van der Waals surface area contributed by atoms with Gasteiger partial charge in [0.2, 0.25) is 11.1 Å². The monoisotopic (exact) mass is 432 g/mol. The van der Waals surface area contributed by atoms with E-state index in [2.05, 4.69) is 60.4 Å². The molecule has 160 valence electrons. The van der Waals surface area contributed by atoms with Crippen LogP contribution in [-0.2, 0) is 4.79 Å². The van der Waals surface area contributed by atoms with Crippen LogP contribution in [0.15, 0.2) is 53.7 Å². The normalized spacial score (nSPS) is 14.3. The highest BCUT2D eigenvalue weighted by Gasteiger charge is 2.18. The molecule has 0 aliphatic carbocycles. The van der Waals surface area contributed by atoms with Crippen molar-refractivity contribution in [2.75, 3.05) is 18.8 Å². The van der Waals surface area contributed by atoms with E-state index in [0.717, 1.165) is 48.4 Å². The molecule has 1 amide bonds. The number of benzene rings is 2. The molecule has 1 saturated heterocycles. The molecule has 0 saturated carbocycles. The summed E-state index contributed by atoms with van der Waals surface area (Å²) in [7, 11) is 0. The van der Waals surface area contributed by atoms with Crippen molar-refractivity contribution in [2.24, 2.45) is 0 Å². The molecule has 0 spiro atoms. The average Bonchev–Trinajstić information content (AvgIpc) is 3.08. The number of aromatic nitrogens is 3. The average molecular weight is 433 g/mol. The van der Waals surface area contributed by atoms with Gasteiger partial charge in [0.15, 0.2) is 0 Å². The fourth-order valence-corrected chi connectivity index (χ4v) is 4.42. The highest BCUT2D eigenvalue weighted by Crippen LogP contribution is 2.30. The van der Waals surface area contributed by atoms with Crippen molar-refractivity contribution in [3.05, 3.63) is 59.7 Å². The maximum atomic E-state index is 12.7. The zero-order valence-corrected chi connectivity index (χ0v) is 19.0. The molecule has 1 aliphatic rings. The Morgan fingerprint density at radius 3 is 1.94 bits per heavy atom. The number of rotatable bonds is 5. The molecule has 0 atom stereocenters. The largest absolute Gasteiger partial charge is 0.342 e. The van der Waals surface area contributed by atoms with E-state index in [-0.39, 0.29) is 5.91 Å². The number of hydrogen-bond acceptors (Lipinski definition) is 5. The van der Waals surface area contributed by atoms with Crippen LogP contribution < -0.4 is 0 Å². The minimum Gasteiger partial charge on any atom is -0.342 e. The number of carbonyl (C=O) groups excluding carboxylic acids is 1. The molecular formula is C25H28N4OS. The predicted octanol–water partition coefficient (Wildman–Crippen LogP) is 5.32. The van der Waals surface area contributed by atoms with E-state index in [9.17, 15) is 4.79 Å². The number of amides is 1. The first-order chi connectivity index (χ1) is 15.1. The van der Waals surface area contributed by atoms with Crippen LogP contribution in [0.1, 0.15) is 36.8 Å². The number of hydrogen-bond donors (Lipinski definition) is 0. The van der Waals surface area contributed by atoms with Gasteiger partial charge < -0.3 is 4.90 Å². The van der Waals surface area contributed by atoms with Crippen LogP contribution in [0.3, 0.4) is 0 Å². The van der Waals surface area contributed by atoms with Crippen molar-refractivity contribution in [3.8, 4) is 22.5 Å². The van der Waals surface area contributed by atoms with Gasteiger partial charge in [-0.3, -0.25) is 4.79 Å². The van der Waals surface area contributed by atoms with Crippen molar-refractivity contribution in [1.29, 1.82) is 0 Å². The van der Waals surface area contributed by atoms with E-state index in [1.165, 1.54) is 35.7 Å². The van der Waals surface area contributed by atoms with Crippen molar-refractivity contribution >= 4 is 17.7 Å². The van der Waals surface area contributed by atoms with Gasteiger partial charge in [-0.15, -0.1) is 10.2 Å². The molecule has 2 heterocycles. The minimum atomic E-state index is 0.162. The van der Waals surface area contributed by atoms with Crippen LogP contribution in [0, 0.1) is 13.8 Å². The molecule has 2 aromatic carbocycles. The first-order valence-electron chi connectivity index (χ1n) is 10.9. The second kappa shape index (κ2) is 10.1. The summed E-state index contributed by atoms with van der Waals surface area (Å²) in [6, 6.07) is 16.5. The van der Waals surface area contributed by atoms with Crippen LogP contribution in [0.4, 0.5) is 0 Å². The van der Waals surface area contributed by atoms with E-state index in [0.29, 0.717) is 10.9 Å². The Morgan fingerprint density at radius 1 is 0.806 bits per heavy atom. The topological polar surface area (TPSA) is 59.0 Å². The van der Waals surface area contributed by atoms with E-state index in [1.54, 1.807) is 0 Å². The zero-order valence-electron chi connectivity index (χ0n) is 18.2. The van der Waals surface area contributed by atoms with Crippen LogP contribution >= 0.6 is 11.8 Å². The fraction of sp³-hybridized carbons (Fsp3) is 0.360. The van der Waals surface area contributed by atoms with Crippen LogP contribution in [0.2, 0.25) is 0 Å². The third kappa shape index (κ3) is 5.50. The highest BCUT2D eigenvalue weighted by atomic mass is 32.2. The number of carbonyl (C=O) groups is 1. The SMILES string of the molecule is Cc1ccc(-c2nnc(SCC(=O)N3CCCCCC3)nc2-c2ccc(C)cc2)cc1. The number of aryl methyl sites for hydroxylation is 2. The molecule has 0 bridgehead atoms. The minimum absolute atomic E-state index is 0.162. The Bertz CT molecular complexity index is 1030. The molecule has 0 unspecified atom stereocenters. The lowest BCUT2D eigenvalue weighted by Gasteiger charge is -2.19. The summed E-state index contributed by atoms with van der Waals surface area (Å²) in [6.07, 6.45) is 4.61. The van der Waals surface area contributed by atoms with E-state index < -0.39 is 0 Å². The third-order valence-electron chi connectivity index (χ3n) is 5.60. The Hall–Kier alpha value is -2.73. The molecule has 5 nitrogen and oxygen atoms in total. The van der Waals surface area contributed by atoms with Crippen molar-refractivity contribution in [1.82, 2.24) is 20.1 Å². The smallest absolute Gasteiger partial charge is 0.233 e. The predicted molar refractivity (Wildman–Crippen MR) is 126 cm³/mol. The third-order valence-corrected chi connectivity index (χ3v) is 6.42. The molecule has 1 aromatic heterocycles. The summed E-state index contributed by atoms with van der Waals surface area (Å²) < 4.78 is 0. The Kier molecular flexibility index (Phi) is 6.97. The maximum absolute atomic E-state index is 12.7. The van der Waals surface area contributed by atoms with Crippen molar-refractivity contribution < 1.29 is 4.79 Å². The van der Waals surface area contributed by atoms with Gasteiger partial charge in [0.05, 0.1) is 5.75 Å². The van der Waals surface area contributed by atoms with Crippen molar-refractivity contribution in [3.63, 3.8) is 0 Å². The molecular weight excluding hydrogens is 404 g/mol. The number of nitrogens with zero attached hydrogens (tertiary/aromatic N) is 4. The van der Waals surface area contributed by atoms with Gasteiger partial charge in [0.25, 0.3) is 0 Å². The summed E-state index contributed by atoms with van der Waals surface area (Å²) in [5.74, 6) is 0.508. The molecule has 1 aliphatic heterocycles.